The number of hydrogen-bond acceptors (Lipinski definition) is 17. The van der Waals surface area contributed by atoms with Crippen LogP contribution >= 0.6 is 11.6 Å². The minimum absolute atomic E-state index is 0. The molecule has 1 aromatic heterocycles. The molecule has 1 heterocycles. The molecule has 0 aliphatic rings. The van der Waals surface area contributed by atoms with Crippen LogP contribution in [0, 0.1) is 0 Å². The molecule has 18 nitrogen and oxygen atoms in total. The third kappa shape index (κ3) is 11.9. The van der Waals surface area contributed by atoms with Gasteiger partial charge in [0.25, 0.3) is 0 Å². The maximum atomic E-state index is 12.0. The molecule has 5 rings (SSSR count). The molecule has 0 unspecified atom stereocenters. The third-order valence-electron chi connectivity index (χ3n) is 6.29. The Bertz CT molecular complexity index is 2520. The molecule has 0 atom stereocenters. The number of aromatic nitrogens is 3. The van der Waals surface area contributed by atoms with E-state index in [9.17, 15) is 43.7 Å². The number of carbonyl (C=O) groups excluding carboxylic acids is 1. The number of anilines is 5. The van der Waals surface area contributed by atoms with Crippen molar-refractivity contribution in [2.45, 2.75) is 21.6 Å². The van der Waals surface area contributed by atoms with Crippen LogP contribution in [0.1, 0.15) is 6.92 Å². The zero-order valence-corrected chi connectivity index (χ0v) is 36.6. The van der Waals surface area contributed by atoms with Gasteiger partial charge in [0.05, 0.1) is 26.1 Å². The van der Waals surface area contributed by atoms with E-state index in [1.165, 1.54) is 37.3 Å². The number of carbonyl (C=O) groups is 1. The van der Waals surface area contributed by atoms with E-state index in [0.29, 0.717) is 5.69 Å². The van der Waals surface area contributed by atoms with Crippen LogP contribution in [0.5, 0.6) is 0 Å². The molecule has 0 radical (unpaired) electrons. The van der Waals surface area contributed by atoms with Crippen molar-refractivity contribution in [2.24, 2.45) is 10.2 Å². The van der Waals surface area contributed by atoms with E-state index in [0.717, 1.165) is 42.5 Å². The van der Waals surface area contributed by atoms with Gasteiger partial charge in [-0.2, -0.15) is 20.1 Å². The molecule has 0 spiro atoms. The molecule has 52 heavy (non-hydrogen) atoms. The topological polar surface area (TPSA) is 288 Å². The van der Waals surface area contributed by atoms with E-state index in [1.54, 1.807) is 0 Å². The van der Waals surface area contributed by atoms with Gasteiger partial charge in [0, 0.05) is 29.1 Å². The van der Waals surface area contributed by atoms with E-state index in [1.807, 2.05) is 0 Å². The zero-order chi connectivity index (χ0) is 35.7. The monoisotopic (exact) mass is 814 g/mol. The molecule has 0 saturated heterocycles. The van der Waals surface area contributed by atoms with Gasteiger partial charge < -0.3 is 29.6 Å². The maximum absolute atomic E-state index is 12.0. The van der Waals surface area contributed by atoms with Crippen molar-refractivity contribution in [1.82, 2.24) is 15.0 Å². The molecule has 5 aromatic rings. The van der Waals surface area contributed by atoms with Gasteiger partial charge in [0.2, 0.25) is 23.1 Å². The molecule has 1 amide bonds. The second-order valence-electron chi connectivity index (χ2n) is 9.80. The molecule has 0 fully saturated rings. The zero-order valence-electron chi connectivity index (χ0n) is 27.3. The molecule has 0 aliphatic heterocycles. The normalized spacial score (nSPS) is 11.6. The summed E-state index contributed by atoms with van der Waals surface area (Å²) in [5.41, 5.74) is 0.417. The predicted octanol–water partition coefficient (Wildman–Crippen LogP) is -4.74. The third-order valence-corrected chi connectivity index (χ3v) is 9.07. The van der Waals surface area contributed by atoms with Crippen molar-refractivity contribution in [3.05, 3.63) is 78.1 Å². The first-order valence-electron chi connectivity index (χ1n) is 13.2. The molecule has 254 valence electrons. The van der Waals surface area contributed by atoms with Gasteiger partial charge in [-0.1, -0.05) is 12.1 Å². The number of rotatable bonds is 10. The summed E-state index contributed by atoms with van der Waals surface area (Å²) in [6, 6.07) is 14.2. The number of nitrogens with one attached hydrogen (secondary N) is 3. The molecule has 0 aliphatic carbocycles. The van der Waals surface area contributed by atoms with Crippen LogP contribution in [0.25, 0.3) is 10.8 Å². The summed E-state index contributed by atoms with van der Waals surface area (Å²) in [6.45, 7) is 1.21. The molecular formula is C27H18ClN8Na3O10S3. The van der Waals surface area contributed by atoms with Crippen LogP contribution < -0.4 is 105 Å². The smallest absolute Gasteiger partial charge is 0.744 e. The number of azo groups is 1. The second kappa shape index (κ2) is 18.4. The molecule has 4 aromatic carbocycles. The number of halogens is 1. The quantitative estimate of drug-likeness (QED) is 0.0678. The van der Waals surface area contributed by atoms with Crippen molar-refractivity contribution in [3.63, 3.8) is 0 Å². The molecule has 0 bridgehead atoms. The van der Waals surface area contributed by atoms with Crippen molar-refractivity contribution in [2.75, 3.05) is 16.0 Å². The van der Waals surface area contributed by atoms with Gasteiger partial charge in [-0.25, -0.2) is 25.3 Å². The summed E-state index contributed by atoms with van der Waals surface area (Å²) in [5, 5.41) is 15.2. The summed E-state index contributed by atoms with van der Waals surface area (Å²) in [7, 11) is -14.9. The van der Waals surface area contributed by atoms with Gasteiger partial charge in [-0.3, -0.25) is 4.79 Å². The minimum Gasteiger partial charge on any atom is -0.744 e. The van der Waals surface area contributed by atoms with Crippen molar-refractivity contribution in [1.29, 1.82) is 0 Å². The number of benzene rings is 4. The van der Waals surface area contributed by atoms with Crippen molar-refractivity contribution in [3.8, 4) is 0 Å². The molecular weight excluding hydrogens is 797 g/mol. The molecule has 3 N–H and O–H groups in total. The van der Waals surface area contributed by atoms with Crippen LogP contribution in [0.2, 0.25) is 5.28 Å². The van der Waals surface area contributed by atoms with Gasteiger partial charge in [-0.15, -0.1) is 5.11 Å². The Kier molecular flexibility index (Phi) is 16.3. The Labute approximate surface area is 367 Å². The molecule has 25 heteroatoms. The van der Waals surface area contributed by atoms with E-state index >= 15 is 0 Å². The average Bonchev–Trinajstić information content (AvgIpc) is 2.98. The Morgan fingerprint density at radius 2 is 1.25 bits per heavy atom. The standard InChI is InChI=1S/C27H21ClN8O10S3.3Na/c1-14(37)29-22-12-16(31-27-33-25(28)32-26(34-27)30-15-5-8-18(9-6-15)47(38,39)40)7-10-21(22)36-35-17-11-20-19(24(13-17)49(44,45)46)3-2-4-23(20)48(41,42)43;;;/h2-13H,1H3,(H,29,37)(H,38,39,40)(H,41,42,43)(H,44,45,46)(H2,30,31,32,33,34);;;/q;3*+1/p-3. The number of hydrogen-bond donors (Lipinski definition) is 3. The van der Waals surface area contributed by atoms with Gasteiger partial charge in [-0.05, 0) is 72.3 Å². The first-order chi connectivity index (χ1) is 22.9. The largest absolute Gasteiger partial charge is 1.00 e. The van der Waals surface area contributed by atoms with Gasteiger partial charge in [0.15, 0.2) is 0 Å². The number of amides is 1. The summed E-state index contributed by atoms with van der Waals surface area (Å²) >= 11 is 6.05. The summed E-state index contributed by atoms with van der Waals surface area (Å²) in [6.07, 6.45) is 0. The Hall–Kier alpha value is -2.16. The fourth-order valence-electron chi connectivity index (χ4n) is 4.32. The number of fused-ring (bicyclic) bond motifs is 1. The first-order valence-corrected chi connectivity index (χ1v) is 17.8. The van der Waals surface area contributed by atoms with Crippen LogP contribution in [0.15, 0.2) is 97.7 Å². The SMILES string of the molecule is CC(=O)Nc1cc(Nc2nc(Cl)nc(Nc3ccc(S(=O)(=O)[O-])cc3)n2)ccc1N=Nc1cc(S(=O)(=O)[O-])c2cccc(S(=O)(=O)[O-])c2c1.[Na+].[Na+].[Na+]. The van der Waals surface area contributed by atoms with Gasteiger partial charge in [0.1, 0.15) is 36.0 Å². The van der Waals surface area contributed by atoms with Crippen molar-refractivity contribution < 1.29 is 132 Å². The predicted molar refractivity (Wildman–Crippen MR) is 171 cm³/mol. The van der Waals surface area contributed by atoms with Crippen LogP contribution in [0.3, 0.4) is 0 Å². The Balaban J connectivity index is 0.00000312. The fourth-order valence-corrected chi connectivity index (χ4v) is 6.34. The van der Waals surface area contributed by atoms with E-state index < -0.39 is 50.9 Å². The Morgan fingerprint density at radius 3 is 1.81 bits per heavy atom. The van der Waals surface area contributed by atoms with Crippen LogP contribution in [-0.4, -0.2) is 59.8 Å². The minimum atomic E-state index is -5.17. The summed E-state index contributed by atoms with van der Waals surface area (Å²) in [4.78, 5) is 22.1. The number of nitrogens with zero attached hydrogens (tertiary/aromatic N) is 5. The fraction of sp³-hybridized carbons (Fsp3) is 0.0370. The Morgan fingerprint density at radius 1 is 0.673 bits per heavy atom. The average molecular weight is 815 g/mol. The van der Waals surface area contributed by atoms with Crippen LogP contribution in [0.4, 0.5) is 40.3 Å². The van der Waals surface area contributed by atoms with Crippen LogP contribution in [-0.2, 0) is 35.1 Å². The second-order valence-corrected chi connectivity index (χ2v) is 14.2. The van der Waals surface area contributed by atoms with E-state index in [-0.39, 0.29) is 139 Å². The van der Waals surface area contributed by atoms with Gasteiger partial charge >= 0.3 is 88.7 Å². The van der Waals surface area contributed by atoms with E-state index in [2.05, 4.69) is 41.1 Å². The summed E-state index contributed by atoms with van der Waals surface area (Å²) in [5.74, 6) is -0.651. The first kappa shape index (κ1) is 46.0. The van der Waals surface area contributed by atoms with Crippen molar-refractivity contribution >= 4 is 99.0 Å². The maximum Gasteiger partial charge on any atom is 1.00 e. The van der Waals surface area contributed by atoms with E-state index in [4.69, 9.17) is 11.6 Å². The molecule has 0 saturated carbocycles. The summed E-state index contributed by atoms with van der Waals surface area (Å²) < 4.78 is 105.